The molecular weight excluding hydrogens is 381 g/mol. The summed E-state index contributed by atoms with van der Waals surface area (Å²) in [5.74, 6) is -1.18. The molecule has 1 amide bonds. The van der Waals surface area contributed by atoms with Gasteiger partial charge in [0.05, 0.1) is 11.7 Å². The maximum Gasteiger partial charge on any atom is 0.304 e. The molecule has 2 aromatic carbocycles. The van der Waals surface area contributed by atoms with Crippen molar-refractivity contribution in [2.75, 3.05) is 24.9 Å². The smallest absolute Gasteiger partial charge is 0.304 e. The zero-order valence-corrected chi connectivity index (χ0v) is 16.7. The van der Waals surface area contributed by atoms with E-state index < -0.39 is 28.5 Å². The SMILES string of the molecule is CN(C)S(=O)(=O)N(CC(=O)NC1CCCc2ccccc21)c1ccccc1F. The lowest BCUT2D eigenvalue weighted by Gasteiger charge is -2.30. The molecule has 1 atom stereocenters. The van der Waals surface area contributed by atoms with Crippen molar-refractivity contribution < 1.29 is 17.6 Å². The molecule has 0 saturated heterocycles. The molecule has 0 saturated carbocycles. The molecule has 6 nitrogen and oxygen atoms in total. The predicted octanol–water partition coefficient (Wildman–Crippen LogP) is 2.63. The number of nitrogens with one attached hydrogen (secondary N) is 1. The third-order valence-electron chi connectivity index (χ3n) is 4.85. The van der Waals surface area contributed by atoms with Crippen molar-refractivity contribution in [3.63, 3.8) is 0 Å². The van der Waals surface area contributed by atoms with Crippen LogP contribution in [0.5, 0.6) is 0 Å². The maximum atomic E-state index is 14.3. The highest BCUT2D eigenvalue weighted by Gasteiger charge is 2.30. The minimum atomic E-state index is -4.05. The van der Waals surface area contributed by atoms with Gasteiger partial charge in [-0.15, -0.1) is 0 Å². The van der Waals surface area contributed by atoms with Gasteiger partial charge in [0.15, 0.2) is 0 Å². The largest absolute Gasteiger partial charge is 0.348 e. The number of fused-ring (bicyclic) bond motifs is 1. The number of aryl methyl sites for hydroxylation is 1. The third kappa shape index (κ3) is 4.18. The van der Waals surface area contributed by atoms with Crippen molar-refractivity contribution in [1.29, 1.82) is 0 Å². The Morgan fingerprint density at radius 3 is 2.54 bits per heavy atom. The number of hydrogen-bond acceptors (Lipinski definition) is 3. The second-order valence-corrected chi connectivity index (χ2v) is 9.03. The number of carbonyl (C=O) groups excluding carboxylic acids is 1. The van der Waals surface area contributed by atoms with Crippen LogP contribution in [-0.2, 0) is 21.4 Å². The first-order valence-corrected chi connectivity index (χ1v) is 10.5. The maximum absolute atomic E-state index is 14.3. The lowest BCUT2D eigenvalue weighted by Crippen LogP contribution is -2.47. The van der Waals surface area contributed by atoms with Crippen LogP contribution in [0.1, 0.15) is 30.0 Å². The normalized spacial score (nSPS) is 16.5. The van der Waals surface area contributed by atoms with Gasteiger partial charge in [0.25, 0.3) is 0 Å². The highest BCUT2D eigenvalue weighted by molar-refractivity contribution is 7.90. The van der Waals surface area contributed by atoms with Crippen LogP contribution in [-0.4, -0.2) is 39.3 Å². The molecule has 0 radical (unpaired) electrons. The predicted molar refractivity (Wildman–Crippen MR) is 107 cm³/mol. The molecule has 1 aliphatic carbocycles. The van der Waals surface area contributed by atoms with E-state index in [9.17, 15) is 17.6 Å². The molecular formula is C20H24FN3O3S. The molecule has 8 heteroatoms. The summed E-state index contributed by atoms with van der Waals surface area (Å²) in [4.78, 5) is 12.7. The van der Waals surface area contributed by atoms with Gasteiger partial charge in [0.2, 0.25) is 5.91 Å². The van der Waals surface area contributed by atoms with Crippen LogP contribution < -0.4 is 9.62 Å². The number of para-hydroxylation sites is 1. The molecule has 2 aromatic rings. The number of halogens is 1. The Morgan fingerprint density at radius 1 is 1.14 bits per heavy atom. The van der Waals surface area contributed by atoms with Crippen LogP contribution in [0.2, 0.25) is 0 Å². The molecule has 28 heavy (non-hydrogen) atoms. The number of hydrogen-bond donors (Lipinski definition) is 1. The van der Waals surface area contributed by atoms with Gasteiger partial charge in [0.1, 0.15) is 12.4 Å². The topological polar surface area (TPSA) is 69.7 Å². The lowest BCUT2D eigenvalue weighted by atomic mass is 9.88. The standard InChI is InChI=1S/C20H24FN3O3S/c1-23(2)28(26,27)24(19-13-6-5-11-17(19)21)14-20(25)22-18-12-7-9-15-8-3-4-10-16(15)18/h3-6,8,10-11,13,18H,7,9,12,14H2,1-2H3,(H,22,25). The fourth-order valence-corrected chi connectivity index (χ4v) is 4.49. The zero-order chi connectivity index (χ0) is 20.3. The van der Waals surface area contributed by atoms with Crippen molar-refractivity contribution in [3.8, 4) is 0 Å². The van der Waals surface area contributed by atoms with Gasteiger partial charge in [-0.2, -0.15) is 12.7 Å². The summed E-state index contributed by atoms with van der Waals surface area (Å²) in [6, 6.07) is 13.2. The van der Waals surface area contributed by atoms with Gasteiger partial charge >= 0.3 is 10.2 Å². The Bertz CT molecular complexity index is 963. The van der Waals surface area contributed by atoms with Crippen LogP contribution in [0, 0.1) is 5.82 Å². The highest BCUT2D eigenvalue weighted by Crippen LogP contribution is 2.29. The summed E-state index contributed by atoms with van der Waals surface area (Å²) in [5, 5.41) is 2.92. The van der Waals surface area contributed by atoms with Crippen LogP contribution in [0.4, 0.5) is 10.1 Å². The van der Waals surface area contributed by atoms with Crippen molar-refractivity contribution >= 4 is 21.8 Å². The van der Waals surface area contributed by atoms with Gasteiger partial charge in [-0.05, 0) is 42.5 Å². The summed E-state index contributed by atoms with van der Waals surface area (Å²) in [6.45, 7) is -0.500. The first kappa shape index (κ1) is 20.3. The Kier molecular flexibility index (Phi) is 6.00. The Labute approximate surface area is 165 Å². The monoisotopic (exact) mass is 405 g/mol. The minimum Gasteiger partial charge on any atom is -0.348 e. The molecule has 0 heterocycles. The number of carbonyl (C=O) groups is 1. The van der Waals surface area contributed by atoms with Gasteiger partial charge in [-0.1, -0.05) is 36.4 Å². The number of rotatable bonds is 6. The van der Waals surface area contributed by atoms with Crippen LogP contribution in [0.3, 0.4) is 0 Å². The summed E-state index contributed by atoms with van der Waals surface area (Å²) in [5.41, 5.74) is 2.08. The average Bonchev–Trinajstić information content (AvgIpc) is 2.67. The molecule has 0 aliphatic heterocycles. The minimum absolute atomic E-state index is 0.157. The van der Waals surface area contributed by atoms with E-state index in [0.717, 1.165) is 33.4 Å². The van der Waals surface area contributed by atoms with Gasteiger partial charge in [0, 0.05) is 14.1 Å². The summed E-state index contributed by atoms with van der Waals surface area (Å²) in [6.07, 6.45) is 2.68. The molecule has 1 N–H and O–H groups in total. The molecule has 0 aromatic heterocycles. The van der Waals surface area contributed by atoms with Crippen molar-refractivity contribution in [2.45, 2.75) is 25.3 Å². The Morgan fingerprint density at radius 2 is 1.82 bits per heavy atom. The Hall–Kier alpha value is -2.45. The molecule has 1 aliphatic rings. The van der Waals surface area contributed by atoms with E-state index >= 15 is 0 Å². The molecule has 1 unspecified atom stereocenters. The van der Waals surface area contributed by atoms with Gasteiger partial charge < -0.3 is 5.32 Å². The van der Waals surface area contributed by atoms with E-state index in [2.05, 4.69) is 5.32 Å². The highest BCUT2D eigenvalue weighted by atomic mass is 32.2. The molecule has 3 rings (SSSR count). The van der Waals surface area contributed by atoms with E-state index in [-0.39, 0.29) is 11.7 Å². The number of nitrogens with zero attached hydrogens (tertiary/aromatic N) is 2. The third-order valence-corrected chi connectivity index (χ3v) is 6.66. The van der Waals surface area contributed by atoms with E-state index in [1.807, 2.05) is 24.3 Å². The van der Waals surface area contributed by atoms with Gasteiger partial charge in [-0.3, -0.25) is 4.79 Å². The van der Waals surface area contributed by atoms with Crippen LogP contribution >= 0.6 is 0 Å². The zero-order valence-electron chi connectivity index (χ0n) is 15.9. The van der Waals surface area contributed by atoms with Crippen LogP contribution in [0.25, 0.3) is 0 Å². The fraction of sp³-hybridized carbons (Fsp3) is 0.350. The van der Waals surface area contributed by atoms with Crippen molar-refractivity contribution in [3.05, 3.63) is 65.5 Å². The van der Waals surface area contributed by atoms with E-state index in [1.165, 1.54) is 43.9 Å². The van der Waals surface area contributed by atoms with E-state index in [0.29, 0.717) is 0 Å². The summed E-state index contributed by atoms with van der Waals surface area (Å²) >= 11 is 0. The number of anilines is 1. The lowest BCUT2D eigenvalue weighted by molar-refractivity contribution is -0.120. The molecule has 0 bridgehead atoms. The van der Waals surface area contributed by atoms with E-state index in [4.69, 9.17) is 0 Å². The number of amides is 1. The fourth-order valence-electron chi connectivity index (χ4n) is 3.42. The van der Waals surface area contributed by atoms with Crippen molar-refractivity contribution in [1.82, 2.24) is 9.62 Å². The van der Waals surface area contributed by atoms with E-state index in [1.54, 1.807) is 0 Å². The summed E-state index contributed by atoms with van der Waals surface area (Å²) < 4.78 is 41.5. The Balaban J connectivity index is 1.84. The summed E-state index contributed by atoms with van der Waals surface area (Å²) in [7, 11) is -1.35. The first-order chi connectivity index (χ1) is 13.3. The van der Waals surface area contributed by atoms with Gasteiger partial charge in [-0.25, -0.2) is 8.70 Å². The van der Waals surface area contributed by atoms with Crippen LogP contribution in [0.15, 0.2) is 48.5 Å². The second-order valence-electron chi connectivity index (χ2n) is 6.96. The quantitative estimate of drug-likeness (QED) is 0.803. The first-order valence-electron chi connectivity index (χ1n) is 9.12. The van der Waals surface area contributed by atoms with Crippen molar-refractivity contribution in [2.24, 2.45) is 0 Å². The molecule has 0 fully saturated rings. The molecule has 0 spiro atoms. The average molecular weight is 405 g/mol. The second kappa shape index (κ2) is 8.28. The molecule has 150 valence electrons. The number of benzene rings is 2.